The van der Waals surface area contributed by atoms with Crippen molar-refractivity contribution in [1.29, 1.82) is 0 Å². The molecule has 0 aromatic carbocycles. The highest BCUT2D eigenvalue weighted by Gasteiger charge is 2.37. The summed E-state index contributed by atoms with van der Waals surface area (Å²) in [6.45, 7) is 7.49. The quantitative estimate of drug-likeness (QED) is 0.668. The smallest absolute Gasteiger partial charge is 0.317 e. The summed E-state index contributed by atoms with van der Waals surface area (Å²) in [7, 11) is 1.62. The van der Waals surface area contributed by atoms with Crippen molar-refractivity contribution in [1.82, 2.24) is 25.0 Å². The van der Waals surface area contributed by atoms with Gasteiger partial charge >= 0.3 is 6.03 Å². The van der Waals surface area contributed by atoms with Gasteiger partial charge in [-0.25, -0.2) is 13.6 Å². The number of hydrogen-bond donors (Lipinski definition) is 2. The number of aromatic nitrogens is 3. The van der Waals surface area contributed by atoms with Gasteiger partial charge in [0, 0.05) is 55.7 Å². The van der Waals surface area contributed by atoms with E-state index in [0.717, 1.165) is 48.5 Å². The van der Waals surface area contributed by atoms with Crippen LogP contribution in [0.5, 0.6) is 0 Å². The molecule has 5 rings (SSSR count). The lowest BCUT2D eigenvalue weighted by molar-refractivity contribution is 0.103. The van der Waals surface area contributed by atoms with Crippen LogP contribution in [-0.2, 0) is 19.4 Å². The van der Waals surface area contributed by atoms with Crippen LogP contribution in [0.2, 0.25) is 0 Å². The number of urea groups is 1. The lowest BCUT2D eigenvalue weighted by Crippen LogP contribution is -2.42. The van der Waals surface area contributed by atoms with E-state index in [2.05, 4.69) is 15.0 Å². The van der Waals surface area contributed by atoms with Crippen LogP contribution >= 0.6 is 0 Å². The molecule has 2 amide bonds. The highest BCUT2D eigenvalue weighted by Crippen LogP contribution is 2.43. The molecule has 1 fully saturated rings. The molecule has 192 valence electrons. The Balaban J connectivity index is 0.00000141. The molecule has 2 aromatic heterocycles. The van der Waals surface area contributed by atoms with Crippen LogP contribution in [0.15, 0.2) is 6.07 Å². The van der Waals surface area contributed by atoms with Crippen LogP contribution in [0, 0.1) is 12.8 Å². The van der Waals surface area contributed by atoms with Gasteiger partial charge in [-0.3, -0.25) is 9.67 Å². The second kappa shape index (κ2) is 10.5. The highest BCUT2D eigenvalue weighted by atomic mass is 19.3. The summed E-state index contributed by atoms with van der Waals surface area (Å²) in [5.74, 6) is 1.03. The third kappa shape index (κ3) is 4.60. The van der Waals surface area contributed by atoms with E-state index in [9.17, 15) is 18.7 Å². The van der Waals surface area contributed by atoms with Gasteiger partial charge in [0.25, 0.3) is 6.43 Å². The number of nitrogens with one attached hydrogen (secondary N) is 1. The molecule has 2 aliphatic heterocycles. The molecule has 0 radical (unpaired) electrons. The minimum Gasteiger partial charge on any atom is -0.396 e. The fourth-order valence-corrected chi connectivity index (χ4v) is 5.37. The zero-order valence-corrected chi connectivity index (χ0v) is 21.0. The van der Waals surface area contributed by atoms with Crippen LogP contribution in [0.25, 0.3) is 0 Å². The molecule has 0 bridgehead atoms. The van der Waals surface area contributed by atoms with Crippen molar-refractivity contribution >= 4 is 17.5 Å². The second-order valence-corrected chi connectivity index (χ2v) is 9.28. The molecule has 0 spiro atoms. The first kappa shape index (κ1) is 25.3. The zero-order chi connectivity index (χ0) is 25.3. The predicted molar refractivity (Wildman–Crippen MR) is 130 cm³/mol. The summed E-state index contributed by atoms with van der Waals surface area (Å²) >= 11 is 0. The normalized spacial score (nSPS) is 21.0. The first-order valence-corrected chi connectivity index (χ1v) is 12.6. The van der Waals surface area contributed by atoms with Gasteiger partial charge in [0.05, 0.1) is 24.0 Å². The van der Waals surface area contributed by atoms with E-state index in [1.165, 1.54) is 0 Å². The number of pyridine rings is 1. The summed E-state index contributed by atoms with van der Waals surface area (Å²) < 4.78 is 29.4. The maximum absolute atomic E-state index is 13.7. The summed E-state index contributed by atoms with van der Waals surface area (Å²) in [5.41, 5.74) is 3.90. The number of hydrogen-bond acceptors (Lipinski definition) is 5. The van der Waals surface area contributed by atoms with Crippen LogP contribution in [-0.4, -0.2) is 57.5 Å². The maximum atomic E-state index is 13.7. The molecule has 0 saturated heterocycles. The first-order chi connectivity index (χ1) is 16.9. The number of aryl methyl sites for hydroxylation is 2. The number of anilines is 2. The Morgan fingerprint density at radius 3 is 2.66 bits per heavy atom. The van der Waals surface area contributed by atoms with E-state index in [-0.39, 0.29) is 24.2 Å². The molecule has 8 nitrogen and oxygen atoms in total. The van der Waals surface area contributed by atoms with Gasteiger partial charge in [0.1, 0.15) is 0 Å². The summed E-state index contributed by atoms with van der Waals surface area (Å²) in [5, 5.41) is 17.2. The summed E-state index contributed by atoms with van der Waals surface area (Å²) in [6.07, 6.45) is 1.43. The number of halogens is 2. The van der Waals surface area contributed by atoms with Gasteiger partial charge in [-0.2, -0.15) is 5.10 Å². The fraction of sp³-hybridized carbons (Fsp3) is 0.640. The van der Waals surface area contributed by atoms with E-state index in [0.29, 0.717) is 43.4 Å². The van der Waals surface area contributed by atoms with E-state index >= 15 is 0 Å². The molecule has 10 heteroatoms. The number of carbonyl (C=O) groups excluding carboxylic acids is 1. The number of nitrogens with zero attached hydrogens (tertiary/aromatic N) is 5. The number of aliphatic hydroxyl groups excluding tert-OH is 1. The Labute approximate surface area is 205 Å². The lowest BCUT2D eigenvalue weighted by Gasteiger charge is -2.36. The topological polar surface area (TPSA) is 86.5 Å². The standard InChI is InChI=1S/C23H30F2N6O2.C2H6/c1-13-16(21(24)25)10-20-18(27-13)4-3-6-30(20)22-17-11-29(23(33)26-2)7-5-19(17)31(28-22)15-8-14(9-15)12-32;1-2/h10,14-15,21,32H,3-9,11-12H2,1-2H3,(H,26,33);1-2H3. The Morgan fingerprint density at radius 2 is 2.00 bits per heavy atom. The lowest BCUT2D eigenvalue weighted by atomic mass is 9.81. The van der Waals surface area contributed by atoms with Crippen molar-refractivity contribution in [3.05, 3.63) is 34.3 Å². The number of alkyl halides is 2. The first-order valence-electron chi connectivity index (χ1n) is 12.6. The maximum Gasteiger partial charge on any atom is 0.317 e. The van der Waals surface area contributed by atoms with Crippen molar-refractivity contribution in [3.63, 3.8) is 0 Å². The van der Waals surface area contributed by atoms with Crippen molar-refractivity contribution in [2.45, 2.75) is 71.9 Å². The number of aliphatic hydroxyl groups is 1. The molecule has 35 heavy (non-hydrogen) atoms. The average molecular weight is 491 g/mol. The monoisotopic (exact) mass is 490 g/mol. The molecular weight excluding hydrogens is 454 g/mol. The van der Waals surface area contributed by atoms with Gasteiger partial charge in [-0.05, 0) is 44.6 Å². The minimum atomic E-state index is -2.59. The minimum absolute atomic E-state index is 0.0503. The van der Waals surface area contributed by atoms with Crippen LogP contribution in [0.3, 0.4) is 0 Å². The molecule has 0 unspecified atom stereocenters. The van der Waals surface area contributed by atoms with Crippen molar-refractivity contribution in [3.8, 4) is 0 Å². The number of fused-ring (bicyclic) bond motifs is 2. The van der Waals surface area contributed by atoms with E-state index in [4.69, 9.17) is 5.10 Å². The third-order valence-electron chi connectivity index (χ3n) is 7.27. The molecule has 4 heterocycles. The van der Waals surface area contributed by atoms with Crippen molar-refractivity contribution in [2.75, 3.05) is 31.6 Å². The van der Waals surface area contributed by atoms with Gasteiger partial charge in [-0.1, -0.05) is 13.8 Å². The van der Waals surface area contributed by atoms with Gasteiger partial charge < -0.3 is 20.2 Å². The van der Waals surface area contributed by atoms with Crippen molar-refractivity contribution < 1.29 is 18.7 Å². The average Bonchev–Trinajstić information content (AvgIpc) is 3.21. The van der Waals surface area contributed by atoms with Gasteiger partial charge in [0.2, 0.25) is 0 Å². The molecule has 1 aliphatic carbocycles. The molecule has 2 aromatic rings. The second-order valence-electron chi connectivity index (χ2n) is 9.28. The van der Waals surface area contributed by atoms with Gasteiger partial charge in [-0.15, -0.1) is 0 Å². The number of rotatable bonds is 4. The van der Waals surface area contributed by atoms with Crippen LogP contribution in [0.4, 0.5) is 25.1 Å². The Morgan fingerprint density at radius 1 is 1.26 bits per heavy atom. The number of carbonyl (C=O) groups is 1. The zero-order valence-electron chi connectivity index (χ0n) is 21.0. The Kier molecular flexibility index (Phi) is 7.59. The number of amides is 2. The molecule has 0 atom stereocenters. The molecule has 2 N–H and O–H groups in total. The van der Waals surface area contributed by atoms with Crippen LogP contribution in [0.1, 0.15) is 73.8 Å². The molecule has 3 aliphatic rings. The SMILES string of the molecule is CC.CNC(=O)N1CCc2c(c(N3CCCc4nc(C)c(C(F)F)cc43)nn2C2CC(CO)C2)C1. The Hall–Kier alpha value is -2.75. The molecule has 1 saturated carbocycles. The molecular formula is C25H36F2N6O2. The van der Waals surface area contributed by atoms with Crippen molar-refractivity contribution in [2.24, 2.45) is 5.92 Å². The van der Waals surface area contributed by atoms with Gasteiger partial charge in [0.15, 0.2) is 5.82 Å². The van der Waals surface area contributed by atoms with E-state index in [1.807, 2.05) is 18.7 Å². The fourth-order valence-electron chi connectivity index (χ4n) is 5.37. The predicted octanol–water partition coefficient (Wildman–Crippen LogP) is 4.28. The highest BCUT2D eigenvalue weighted by molar-refractivity contribution is 5.75. The largest absolute Gasteiger partial charge is 0.396 e. The summed E-state index contributed by atoms with van der Waals surface area (Å²) in [6, 6.07) is 1.64. The Bertz CT molecular complexity index is 1070. The third-order valence-corrected chi connectivity index (χ3v) is 7.27. The van der Waals surface area contributed by atoms with E-state index < -0.39 is 6.43 Å². The van der Waals surface area contributed by atoms with E-state index in [1.54, 1.807) is 24.9 Å². The summed E-state index contributed by atoms with van der Waals surface area (Å²) in [4.78, 5) is 20.7. The van der Waals surface area contributed by atoms with Crippen LogP contribution < -0.4 is 10.2 Å².